The van der Waals surface area contributed by atoms with E-state index in [-0.39, 0.29) is 19.0 Å². The molecule has 1 aliphatic carbocycles. The van der Waals surface area contributed by atoms with Crippen molar-refractivity contribution < 1.29 is 14.7 Å². The number of carboxylic acid groups (broad SMARTS) is 1. The minimum absolute atomic E-state index is 0.154. The molecule has 1 atom stereocenters. The Labute approximate surface area is 145 Å². The molecule has 1 fully saturated rings. The van der Waals surface area contributed by atoms with Gasteiger partial charge in [-0.05, 0) is 43.4 Å². The Morgan fingerprint density at radius 1 is 1.16 bits per heavy atom. The van der Waals surface area contributed by atoms with Crippen molar-refractivity contribution in [2.75, 3.05) is 0 Å². The van der Waals surface area contributed by atoms with Crippen LogP contribution in [0.4, 0.5) is 0 Å². The Morgan fingerprint density at radius 3 is 2.48 bits per heavy atom. The smallest absolute Gasteiger partial charge is 0.328 e. The van der Waals surface area contributed by atoms with Crippen LogP contribution in [0.5, 0.6) is 0 Å². The Morgan fingerprint density at radius 2 is 1.88 bits per heavy atom. The third-order valence-corrected chi connectivity index (χ3v) is 5.34. The zero-order valence-corrected chi connectivity index (χ0v) is 14.1. The Hall–Kier alpha value is -2.70. The molecule has 130 valence electrons. The fourth-order valence-corrected chi connectivity index (χ4v) is 3.54. The van der Waals surface area contributed by atoms with E-state index >= 15 is 0 Å². The number of hydrogen-bond donors (Lipinski definition) is 1. The highest BCUT2D eigenvalue weighted by Gasteiger charge is 2.36. The Balaban J connectivity index is 1.60. The minimum atomic E-state index is -1.02. The fourth-order valence-electron chi connectivity index (χ4n) is 3.54. The van der Waals surface area contributed by atoms with Crippen molar-refractivity contribution in [1.29, 1.82) is 0 Å². The lowest BCUT2D eigenvalue weighted by Crippen LogP contribution is -2.50. The summed E-state index contributed by atoms with van der Waals surface area (Å²) in [5.74, 6) is 0.595. The van der Waals surface area contributed by atoms with Crippen LogP contribution in [-0.4, -0.2) is 42.7 Å². The number of fused-ring (bicyclic) bond motifs is 1. The first-order chi connectivity index (χ1) is 12.0. The number of carboxylic acids is 1. The van der Waals surface area contributed by atoms with Gasteiger partial charge in [-0.3, -0.25) is 4.79 Å². The average Bonchev–Trinajstić information content (AvgIpc) is 2.93. The molecule has 0 radical (unpaired) electrons. The van der Waals surface area contributed by atoms with Crippen LogP contribution in [-0.2, 0) is 17.9 Å². The number of amides is 1. The number of benzene rings is 1. The summed E-state index contributed by atoms with van der Waals surface area (Å²) < 4.78 is 1.77. The standard InChI is InChI=1S/C18H20N4O3/c1-11-19-20-16-10-22(15(18(24)25)9-21(11)16)17(23)14-7-5-13(6-8-14)12-3-2-4-12/h5-8,12,15H,2-4,9-10H2,1H3,(H,24,25). The van der Waals surface area contributed by atoms with Crippen molar-refractivity contribution in [3.05, 3.63) is 47.0 Å². The van der Waals surface area contributed by atoms with Crippen LogP contribution < -0.4 is 0 Å². The zero-order chi connectivity index (χ0) is 17.6. The van der Waals surface area contributed by atoms with E-state index in [2.05, 4.69) is 10.2 Å². The number of aliphatic carboxylic acids is 1. The van der Waals surface area contributed by atoms with Crippen LogP contribution in [0.2, 0.25) is 0 Å². The maximum atomic E-state index is 12.9. The number of nitrogens with zero attached hydrogens (tertiary/aromatic N) is 4. The van der Waals surface area contributed by atoms with E-state index in [4.69, 9.17) is 0 Å². The molecule has 0 spiro atoms. The average molecular weight is 340 g/mol. The number of aryl methyl sites for hydroxylation is 1. The SMILES string of the molecule is Cc1nnc2n1CC(C(=O)O)N(C(=O)c1ccc(C3CCC3)cc1)C2. The van der Waals surface area contributed by atoms with E-state index in [0.717, 1.165) is 0 Å². The highest BCUT2D eigenvalue weighted by atomic mass is 16.4. The van der Waals surface area contributed by atoms with Crippen LogP contribution in [0.15, 0.2) is 24.3 Å². The molecule has 25 heavy (non-hydrogen) atoms. The molecule has 1 aliphatic heterocycles. The number of carbonyl (C=O) groups excluding carboxylic acids is 1. The highest BCUT2D eigenvalue weighted by Crippen LogP contribution is 2.36. The van der Waals surface area contributed by atoms with Crippen LogP contribution in [0.3, 0.4) is 0 Å². The molecule has 2 aliphatic rings. The highest BCUT2D eigenvalue weighted by molar-refractivity contribution is 5.96. The molecule has 1 aromatic heterocycles. The molecule has 0 bridgehead atoms. The van der Waals surface area contributed by atoms with Crippen molar-refractivity contribution >= 4 is 11.9 Å². The predicted molar refractivity (Wildman–Crippen MR) is 89.1 cm³/mol. The van der Waals surface area contributed by atoms with Gasteiger partial charge in [-0.2, -0.15) is 0 Å². The number of hydrogen-bond acceptors (Lipinski definition) is 4. The number of rotatable bonds is 3. The monoisotopic (exact) mass is 340 g/mol. The second-order valence-electron chi connectivity index (χ2n) is 6.81. The summed E-state index contributed by atoms with van der Waals surface area (Å²) in [4.78, 5) is 26.0. The second-order valence-corrected chi connectivity index (χ2v) is 6.81. The van der Waals surface area contributed by atoms with Crippen LogP contribution >= 0.6 is 0 Å². The van der Waals surface area contributed by atoms with Gasteiger partial charge in [-0.15, -0.1) is 10.2 Å². The van der Waals surface area contributed by atoms with Crippen LogP contribution in [0.1, 0.15) is 52.8 Å². The Kier molecular flexibility index (Phi) is 3.78. The molecule has 1 N–H and O–H groups in total. The third-order valence-electron chi connectivity index (χ3n) is 5.34. The van der Waals surface area contributed by atoms with Crippen molar-refractivity contribution in [1.82, 2.24) is 19.7 Å². The van der Waals surface area contributed by atoms with Crippen LogP contribution in [0, 0.1) is 6.92 Å². The van der Waals surface area contributed by atoms with Gasteiger partial charge in [-0.1, -0.05) is 18.6 Å². The van der Waals surface area contributed by atoms with Gasteiger partial charge in [0.15, 0.2) is 5.82 Å². The molecule has 1 amide bonds. The van der Waals surface area contributed by atoms with Crippen molar-refractivity contribution in [2.45, 2.75) is 51.2 Å². The minimum Gasteiger partial charge on any atom is -0.480 e. The summed E-state index contributed by atoms with van der Waals surface area (Å²) in [6, 6.07) is 6.67. The van der Waals surface area contributed by atoms with E-state index in [1.165, 1.54) is 29.7 Å². The summed E-state index contributed by atoms with van der Waals surface area (Å²) in [5, 5.41) is 17.6. The maximum Gasteiger partial charge on any atom is 0.328 e. The van der Waals surface area contributed by atoms with Gasteiger partial charge in [0.25, 0.3) is 5.91 Å². The van der Waals surface area contributed by atoms with E-state index < -0.39 is 12.0 Å². The van der Waals surface area contributed by atoms with E-state index in [9.17, 15) is 14.7 Å². The normalized spacial score (nSPS) is 20.0. The summed E-state index contributed by atoms with van der Waals surface area (Å²) in [5.41, 5.74) is 1.77. The maximum absolute atomic E-state index is 12.9. The molecule has 1 saturated carbocycles. The van der Waals surface area contributed by atoms with Crippen molar-refractivity contribution in [3.63, 3.8) is 0 Å². The lowest BCUT2D eigenvalue weighted by Gasteiger charge is -2.33. The molecule has 1 aromatic carbocycles. The molecule has 1 unspecified atom stereocenters. The van der Waals surface area contributed by atoms with E-state index in [0.29, 0.717) is 23.1 Å². The zero-order valence-electron chi connectivity index (χ0n) is 14.1. The van der Waals surface area contributed by atoms with E-state index in [1.54, 1.807) is 23.6 Å². The molecule has 7 heteroatoms. The third kappa shape index (κ3) is 2.69. The van der Waals surface area contributed by atoms with Gasteiger partial charge in [0, 0.05) is 5.56 Å². The quantitative estimate of drug-likeness (QED) is 0.923. The largest absolute Gasteiger partial charge is 0.480 e. The molecule has 2 aromatic rings. The molecule has 4 rings (SSSR count). The first-order valence-electron chi connectivity index (χ1n) is 8.57. The predicted octanol–water partition coefficient (Wildman–Crippen LogP) is 1.96. The van der Waals surface area contributed by atoms with Gasteiger partial charge in [-0.25, -0.2) is 4.79 Å². The summed E-state index contributed by atoms with van der Waals surface area (Å²) >= 11 is 0. The molecule has 0 saturated heterocycles. The molecule has 7 nitrogen and oxygen atoms in total. The number of carbonyl (C=O) groups is 2. The van der Waals surface area contributed by atoms with Gasteiger partial charge in [0.2, 0.25) is 0 Å². The molecular formula is C18H20N4O3. The lowest BCUT2D eigenvalue weighted by molar-refractivity contribution is -0.143. The van der Waals surface area contributed by atoms with Crippen molar-refractivity contribution in [3.8, 4) is 0 Å². The summed E-state index contributed by atoms with van der Waals surface area (Å²) in [6.07, 6.45) is 3.67. The fraction of sp³-hybridized carbons (Fsp3) is 0.444. The first-order valence-corrected chi connectivity index (χ1v) is 8.57. The van der Waals surface area contributed by atoms with Gasteiger partial charge in [0.05, 0.1) is 13.1 Å². The topological polar surface area (TPSA) is 88.3 Å². The van der Waals surface area contributed by atoms with Crippen molar-refractivity contribution in [2.24, 2.45) is 0 Å². The first kappa shape index (κ1) is 15.8. The van der Waals surface area contributed by atoms with Gasteiger partial charge >= 0.3 is 5.97 Å². The second kappa shape index (κ2) is 5.98. The lowest BCUT2D eigenvalue weighted by atomic mass is 9.80. The number of aromatic nitrogens is 3. The van der Waals surface area contributed by atoms with E-state index in [1.807, 2.05) is 12.1 Å². The Bertz CT molecular complexity index is 823. The molecule has 2 heterocycles. The summed E-state index contributed by atoms with van der Waals surface area (Å²) in [7, 11) is 0. The van der Waals surface area contributed by atoms with Gasteiger partial charge < -0.3 is 14.6 Å². The molecular weight excluding hydrogens is 320 g/mol. The summed E-state index contributed by atoms with van der Waals surface area (Å²) in [6.45, 7) is 2.11. The van der Waals surface area contributed by atoms with Gasteiger partial charge in [0.1, 0.15) is 11.9 Å². The van der Waals surface area contributed by atoms with Crippen LogP contribution in [0.25, 0.3) is 0 Å².